The Bertz CT molecular complexity index is 411. The van der Waals surface area contributed by atoms with Crippen LogP contribution in [0.3, 0.4) is 0 Å². The van der Waals surface area contributed by atoms with Crippen LogP contribution in [0.4, 0.5) is 4.39 Å². The normalized spacial score (nSPS) is 10.5. The van der Waals surface area contributed by atoms with Crippen molar-refractivity contribution in [1.82, 2.24) is 4.90 Å². The Morgan fingerprint density at radius 3 is 2.79 bits per heavy atom. The standard InChI is InChI=1S/C13H16BrClFNO2/c1-19-8-7-17(6-5-14)13(18)9-10-11(15)3-2-4-12(10)16/h2-4H,5-9H2,1H3. The van der Waals surface area contributed by atoms with E-state index in [4.69, 9.17) is 16.3 Å². The molecule has 0 heterocycles. The number of nitrogens with zero attached hydrogens (tertiary/aromatic N) is 1. The number of ether oxygens (including phenoxy) is 1. The highest BCUT2D eigenvalue weighted by atomic mass is 79.9. The van der Waals surface area contributed by atoms with E-state index in [1.165, 1.54) is 12.1 Å². The molecule has 3 nitrogen and oxygen atoms in total. The molecule has 0 aliphatic rings. The maximum Gasteiger partial charge on any atom is 0.227 e. The average molecular weight is 353 g/mol. The van der Waals surface area contributed by atoms with E-state index in [-0.39, 0.29) is 22.9 Å². The quantitative estimate of drug-likeness (QED) is 0.706. The fraction of sp³-hybridized carbons (Fsp3) is 0.462. The summed E-state index contributed by atoms with van der Waals surface area (Å²) in [6.07, 6.45) is -0.0395. The molecular formula is C13H16BrClFNO2. The molecule has 1 aromatic carbocycles. The first-order valence-electron chi connectivity index (χ1n) is 5.85. The van der Waals surface area contributed by atoms with Crippen molar-refractivity contribution in [2.75, 3.05) is 32.1 Å². The Balaban J connectivity index is 2.75. The van der Waals surface area contributed by atoms with Gasteiger partial charge in [-0.25, -0.2) is 4.39 Å². The molecule has 0 spiro atoms. The molecule has 0 saturated heterocycles. The lowest BCUT2D eigenvalue weighted by molar-refractivity contribution is -0.130. The number of benzene rings is 1. The van der Waals surface area contributed by atoms with Crippen molar-refractivity contribution in [3.63, 3.8) is 0 Å². The number of halogens is 3. The summed E-state index contributed by atoms with van der Waals surface area (Å²) >= 11 is 9.20. The Kier molecular flexibility index (Phi) is 7.34. The summed E-state index contributed by atoms with van der Waals surface area (Å²) in [5.74, 6) is -0.616. The zero-order chi connectivity index (χ0) is 14.3. The Hall–Kier alpha value is -0.650. The van der Waals surface area contributed by atoms with Crippen molar-refractivity contribution in [2.24, 2.45) is 0 Å². The molecule has 1 rings (SSSR count). The van der Waals surface area contributed by atoms with Crippen LogP contribution in [0.15, 0.2) is 18.2 Å². The molecular weight excluding hydrogens is 337 g/mol. The molecule has 0 N–H and O–H groups in total. The minimum absolute atomic E-state index is 0.0395. The third-order valence-corrected chi connectivity index (χ3v) is 3.37. The lowest BCUT2D eigenvalue weighted by Crippen LogP contribution is -2.36. The molecule has 0 radical (unpaired) electrons. The topological polar surface area (TPSA) is 29.5 Å². The van der Waals surface area contributed by atoms with Crippen molar-refractivity contribution in [1.29, 1.82) is 0 Å². The van der Waals surface area contributed by atoms with Gasteiger partial charge in [0.15, 0.2) is 0 Å². The van der Waals surface area contributed by atoms with Gasteiger partial charge >= 0.3 is 0 Å². The average Bonchev–Trinajstić information content (AvgIpc) is 2.38. The van der Waals surface area contributed by atoms with Gasteiger partial charge in [0.2, 0.25) is 5.91 Å². The molecule has 0 saturated carbocycles. The summed E-state index contributed by atoms with van der Waals surface area (Å²) in [4.78, 5) is 13.8. The summed E-state index contributed by atoms with van der Waals surface area (Å²) in [6, 6.07) is 4.41. The SMILES string of the molecule is COCCN(CCBr)C(=O)Cc1c(F)cccc1Cl. The first kappa shape index (κ1) is 16.4. The monoisotopic (exact) mass is 351 g/mol. The van der Waals surface area contributed by atoms with Gasteiger partial charge in [-0.2, -0.15) is 0 Å². The highest BCUT2D eigenvalue weighted by Crippen LogP contribution is 2.20. The molecule has 0 aliphatic carbocycles. The first-order chi connectivity index (χ1) is 9.10. The van der Waals surface area contributed by atoms with Gasteiger partial charge in [0.1, 0.15) is 5.82 Å². The van der Waals surface area contributed by atoms with Crippen LogP contribution < -0.4 is 0 Å². The third kappa shape index (κ3) is 5.09. The zero-order valence-electron chi connectivity index (χ0n) is 10.7. The highest BCUT2D eigenvalue weighted by Gasteiger charge is 2.17. The molecule has 1 amide bonds. The van der Waals surface area contributed by atoms with Crippen LogP contribution in [-0.4, -0.2) is 42.9 Å². The summed E-state index contributed by atoms with van der Waals surface area (Å²) < 4.78 is 18.6. The molecule has 0 bridgehead atoms. The smallest absolute Gasteiger partial charge is 0.227 e. The number of alkyl halides is 1. The molecule has 1 aromatic rings. The van der Waals surface area contributed by atoms with Crippen molar-refractivity contribution >= 4 is 33.4 Å². The lowest BCUT2D eigenvalue weighted by atomic mass is 10.1. The van der Waals surface area contributed by atoms with E-state index in [1.54, 1.807) is 18.1 Å². The van der Waals surface area contributed by atoms with Crippen LogP contribution >= 0.6 is 27.5 Å². The van der Waals surface area contributed by atoms with Gasteiger partial charge in [-0.05, 0) is 12.1 Å². The first-order valence-corrected chi connectivity index (χ1v) is 7.35. The second-order valence-corrected chi connectivity index (χ2v) is 5.14. The van der Waals surface area contributed by atoms with Crippen molar-refractivity contribution in [3.05, 3.63) is 34.6 Å². The van der Waals surface area contributed by atoms with E-state index in [1.807, 2.05) is 0 Å². The number of amides is 1. The van der Waals surface area contributed by atoms with Crippen LogP contribution in [-0.2, 0) is 16.0 Å². The predicted molar refractivity (Wildman–Crippen MR) is 77.4 cm³/mol. The number of carbonyl (C=O) groups excluding carboxylic acids is 1. The minimum Gasteiger partial charge on any atom is -0.383 e. The van der Waals surface area contributed by atoms with Crippen molar-refractivity contribution in [3.8, 4) is 0 Å². The number of hydrogen-bond donors (Lipinski definition) is 0. The summed E-state index contributed by atoms with van der Waals surface area (Å²) in [5, 5.41) is 0.937. The third-order valence-electron chi connectivity index (χ3n) is 2.66. The van der Waals surface area contributed by atoms with E-state index in [2.05, 4.69) is 15.9 Å². The maximum absolute atomic E-state index is 13.6. The Labute approximate surface area is 125 Å². The van der Waals surface area contributed by atoms with Gasteiger partial charge in [-0.15, -0.1) is 0 Å². The molecule has 0 fully saturated rings. The van der Waals surface area contributed by atoms with Crippen LogP contribution in [0.2, 0.25) is 5.02 Å². The summed E-state index contributed by atoms with van der Waals surface area (Å²) in [6.45, 7) is 1.48. The van der Waals surface area contributed by atoms with Crippen LogP contribution in [0.5, 0.6) is 0 Å². The maximum atomic E-state index is 13.6. The van der Waals surface area contributed by atoms with E-state index in [9.17, 15) is 9.18 Å². The number of methoxy groups -OCH3 is 1. The molecule has 0 aromatic heterocycles. The van der Waals surface area contributed by atoms with Crippen molar-refractivity contribution < 1.29 is 13.9 Å². The van der Waals surface area contributed by atoms with Gasteiger partial charge < -0.3 is 9.64 Å². The van der Waals surface area contributed by atoms with E-state index in [0.29, 0.717) is 25.0 Å². The number of rotatable bonds is 7. The minimum atomic E-state index is -0.452. The molecule has 0 atom stereocenters. The fourth-order valence-corrected chi connectivity index (χ4v) is 2.29. The lowest BCUT2D eigenvalue weighted by Gasteiger charge is -2.21. The predicted octanol–water partition coefficient (Wildman–Crippen LogP) is 2.89. The fourth-order valence-electron chi connectivity index (χ4n) is 1.63. The van der Waals surface area contributed by atoms with Gasteiger partial charge in [-0.3, -0.25) is 4.79 Å². The summed E-state index contributed by atoms with van der Waals surface area (Å²) in [5.41, 5.74) is 0.242. The second-order valence-electron chi connectivity index (χ2n) is 3.94. The Morgan fingerprint density at radius 1 is 1.47 bits per heavy atom. The molecule has 0 unspecified atom stereocenters. The van der Waals surface area contributed by atoms with E-state index in [0.717, 1.165) is 0 Å². The van der Waals surface area contributed by atoms with Crippen LogP contribution in [0.1, 0.15) is 5.56 Å². The zero-order valence-corrected chi connectivity index (χ0v) is 13.0. The number of hydrogen-bond acceptors (Lipinski definition) is 2. The Morgan fingerprint density at radius 2 is 2.21 bits per heavy atom. The van der Waals surface area contributed by atoms with Crippen LogP contribution in [0, 0.1) is 5.82 Å². The van der Waals surface area contributed by atoms with E-state index >= 15 is 0 Å². The molecule has 106 valence electrons. The molecule has 0 aliphatic heterocycles. The molecule has 6 heteroatoms. The van der Waals surface area contributed by atoms with Crippen LogP contribution in [0.25, 0.3) is 0 Å². The van der Waals surface area contributed by atoms with Gasteiger partial charge in [0.25, 0.3) is 0 Å². The van der Waals surface area contributed by atoms with Gasteiger partial charge in [0, 0.05) is 36.1 Å². The highest BCUT2D eigenvalue weighted by molar-refractivity contribution is 9.09. The summed E-state index contributed by atoms with van der Waals surface area (Å²) in [7, 11) is 1.57. The van der Waals surface area contributed by atoms with Gasteiger partial charge in [0.05, 0.1) is 13.0 Å². The van der Waals surface area contributed by atoms with E-state index < -0.39 is 5.82 Å². The second kappa shape index (κ2) is 8.51. The molecule has 19 heavy (non-hydrogen) atoms. The van der Waals surface area contributed by atoms with Crippen molar-refractivity contribution in [2.45, 2.75) is 6.42 Å². The van der Waals surface area contributed by atoms with Gasteiger partial charge in [-0.1, -0.05) is 33.6 Å². The number of carbonyl (C=O) groups is 1. The largest absolute Gasteiger partial charge is 0.383 e.